The summed E-state index contributed by atoms with van der Waals surface area (Å²) in [5.74, 6) is 4.75. The van der Waals surface area contributed by atoms with E-state index < -0.39 is 0 Å². The molecule has 0 aliphatic carbocycles. The fraction of sp³-hybridized carbons (Fsp3) is 0. The van der Waals surface area contributed by atoms with Gasteiger partial charge in [-0.05, 0) is 140 Å². The summed E-state index contributed by atoms with van der Waals surface area (Å²) >= 11 is 0. The third kappa shape index (κ3) is 11.7. The largest absolute Gasteiger partial charge is 0.309 e. The van der Waals surface area contributed by atoms with Gasteiger partial charge in [0.2, 0.25) is 0 Å². The van der Waals surface area contributed by atoms with Crippen molar-refractivity contribution < 1.29 is 0 Å². The van der Waals surface area contributed by atoms with Crippen LogP contribution in [0.25, 0.3) is 180 Å². The van der Waals surface area contributed by atoms with Crippen molar-refractivity contribution in [2.75, 3.05) is 0 Å². The quantitative estimate of drug-likeness (QED) is 0.0956. The molecule has 0 unspecified atom stereocenters. The van der Waals surface area contributed by atoms with Gasteiger partial charge in [0.15, 0.2) is 34.9 Å². The molecule has 0 radical (unpaired) electrons. The summed E-state index contributed by atoms with van der Waals surface area (Å²) in [6, 6.07) is 137. The van der Waals surface area contributed by atoms with Gasteiger partial charge in [0.25, 0.3) is 0 Å². The minimum absolute atomic E-state index is 0.785. The molecule has 0 N–H and O–H groups in total. The Morgan fingerprint density at radius 2 is 0.302 bits per heavy atom. The molecule has 0 spiro atoms. The molecular weight excluding hydrogens is 1290 g/mol. The summed E-state index contributed by atoms with van der Waals surface area (Å²) in [5.41, 5.74) is 25.9. The summed E-state index contributed by atoms with van der Waals surface area (Å²) in [6.45, 7) is 0. The Labute approximate surface area is 613 Å². The molecule has 0 amide bonds. The van der Waals surface area contributed by atoms with E-state index in [1.54, 1.807) is 0 Å². The van der Waals surface area contributed by atoms with Crippen molar-refractivity contribution in [2.45, 2.75) is 0 Å². The molecular formula is C96H64N10. The van der Waals surface area contributed by atoms with E-state index in [0.717, 1.165) is 169 Å². The molecule has 19 aromatic rings. The minimum Gasteiger partial charge on any atom is -0.309 e. The Morgan fingerprint density at radius 1 is 0.132 bits per heavy atom. The average Bonchev–Trinajstić information content (AvgIpc) is 1.59. The van der Waals surface area contributed by atoms with Crippen LogP contribution in [0.2, 0.25) is 0 Å². The maximum absolute atomic E-state index is 4.75. The Hall–Kier alpha value is -14.5. The normalized spacial score (nSPS) is 11.4. The number of nitrogens with zero attached hydrogens (tertiary/aromatic N) is 10. The predicted molar refractivity (Wildman–Crippen MR) is 431 cm³/mol. The highest BCUT2D eigenvalue weighted by Gasteiger charge is 2.23. The van der Waals surface area contributed by atoms with Crippen LogP contribution >= 0.6 is 0 Å². The predicted octanol–water partition coefficient (Wildman–Crippen LogP) is 23.5. The first-order valence-electron chi connectivity index (χ1n) is 35.6. The van der Waals surface area contributed by atoms with Crippen LogP contribution in [0.1, 0.15) is 0 Å². The van der Waals surface area contributed by atoms with Crippen LogP contribution in [-0.2, 0) is 0 Å². The number of fused-ring (bicyclic) bond motifs is 3. The van der Waals surface area contributed by atoms with E-state index >= 15 is 0 Å². The Morgan fingerprint density at radius 3 is 0.538 bits per heavy atom. The van der Waals surface area contributed by atoms with Gasteiger partial charge in [-0.2, -0.15) is 0 Å². The highest BCUT2D eigenvalue weighted by Crippen LogP contribution is 2.41. The van der Waals surface area contributed by atoms with E-state index in [1.807, 2.05) is 109 Å². The number of para-hydroxylation sites is 3. The third-order valence-electron chi connectivity index (χ3n) is 20.1. The van der Waals surface area contributed by atoms with Gasteiger partial charge in [0.05, 0.1) is 11.0 Å². The molecule has 0 aliphatic heterocycles. The lowest BCUT2D eigenvalue weighted by Crippen LogP contribution is -2.00. The first kappa shape index (κ1) is 62.5. The number of aromatic nitrogens is 10. The van der Waals surface area contributed by atoms with Crippen LogP contribution < -0.4 is 0 Å². The smallest absolute Gasteiger partial charge is 0.168 e. The van der Waals surface area contributed by atoms with Gasteiger partial charge in [-0.25, -0.2) is 0 Å². The minimum atomic E-state index is 0.785. The molecule has 10 heteroatoms. The molecule has 15 aromatic carbocycles. The highest BCUT2D eigenvalue weighted by molar-refractivity contribution is 6.12. The van der Waals surface area contributed by atoms with Crippen LogP contribution in [0, 0.1) is 0 Å². The first-order chi connectivity index (χ1) is 52.5. The van der Waals surface area contributed by atoms with Crippen LogP contribution in [0.15, 0.2) is 388 Å². The SMILES string of the molecule is c1ccc(-c2nnc(-c3ccc(-c4ccc(-c5ccc(-n6c7ccc(-c8ccc(-c9ccc(-c%10nnc(-c%11ccccc%11)n%10-c%10ccccc%10)cc9)cc8)cc7c7cc(-c8ccc(-c9ccc(-c%10nnc(-c%11ccccc%11)n%10-c%10ccccc%10)cc9)cc8)ccc76)cc5)cc4)cc3)n2-c2ccccc2)cc1. The van der Waals surface area contributed by atoms with Crippen molar-refractivity contribution in [1.29, 1.82) is 0 Å². The topological polar surface area (TPSA) is 97.1 Å². The van der Waals surface area contributed by atoms with Gasteiger partial charge in [-0.15, -0.1) is 30.6 Å². The first-order valence-corrected chi connectivity index (χ1v) is 35.6. The monoisotopic (exact) mass is 1360 g/mol. The summed E-state index contributed by atoms with van der Waals surface area (Å²) < 4.78 is 8.82. The van der Waals surface area contributed by atoms with Crippen molar-refractivity contribution >= 4 is 21.8 Å². The molecule has 10 nitrogen and oxygen atoms in total. The van der Waals surface area contributed by atoms with Crippen molar-refractivity contribution in [2.24, 2.45) is 0 Å². The average molecular weight is 1360 g/mol. The molecule has 0 aliphatic rings. The Bertz CT molecular complexity index is 6050. The lowest BCUT2D eigenvalue weighted by atomic mass is 9.97. The molecule has 0 atom stereocenters. The summed E-state index contributed by atoms with van der Waals surface area (Å²) in [4.78, 5) is 0. The zero-order valence-corrected chi connectivity index (χ0v) is 57.4. The molecule has 4 heterocycles. The van der Waals surface area contributed by atoms with Crippen molar-refractivity contribution in [1.82, 2.24) is 48.9 Å². The number of benzene rings is 15. The molecule has 0 saturated heterocycles. The Kier molecular flexibility index (Phi) is 16.0. The molecule has 498 valence electrons. The van der Waals surface area contributed by atoms with E-state index in [-0.39, 0.29) is 0 Å². The molecule has 19 rings (SSSR count). The van der Waals surface area contributed by atoms with E-state index in [9.17, 15) is 0 Å². The second-order valence-electron chi connectivity index (χ2n) is 26.5. The van der Waals surface area contributed by atoms with Crippen LogP contribution in [0.5, 0.6) is 0 Å². The Balaban J connectivity index is 0.624. The second kappa shape index (κ2) is 27.1. The lowest BCUT2D eigenvalue weighted by Gasteiger charge is -2.12. The molecule has 106 heavy (non-hydrogen) atoms. The summed E-state index contributed by atoms with van der Waals surface area (Å²) in [6.07, 6.45) is 0. The van der Waals surface area contributed by atoms with E-state index in [0.29, 0.717) is 0 Å². The van der Waals surface area contributed by atoms with E-state index in [2.05, 4.69) is 297 Å². The van der Waals surface area contributed by atoms with Gasteiger partial charge >= 0.3 is 0 Å². The molecule has 4 aromatic heterocycles. The third-order valence-corrected chi connectivity index (χ3v) is 20.1. The number of rotatable bonds is 16. The molecule has 0 saturated carbocycles. The van der Waals surface area contributed by atoms with Gasteiger partial charge in [-0.1, -0.05) is 315 Å². The van der Waals surface area contributed by atoms with Gasteiger partial charge < -0.3 is 4.57 Å². The highest BCUT2D eigenvalue weighted by atomic mass is 15.3. The van der Waals surface area contributed by atoms with Crippen LogP contribution in [-0.4, -0.2) is 48.9 Å². The fourth-order valence-corrected chi connectivity index (χ4v) is 14.7. The lowest BCUT2D eigenvalue weighted by molar-refractivity contribution is 1.07. The zero-order valence-electron chi connectivity index (χ0n) is 57.4. The summed E-state index contributed by atoms with van der Waals surface area (Å²) in [5, 5.41) is 30.7. The van der Waals surface area contributed by atoms with E-state index in [1.165, 1.54) is 10.8 Å². The number of hydrogen-bond donors (Lipinski definition) is 0. The standard InChI is InChI=1S/C96H64N10/c1-7-19-75(20-8-1)91-97-100-94(104(91)83-25-13-4-14-26-83)78-49-43-69(44-50-78)65-31-33-68(34-32-65)72-55-59-86(60-56-72)103-89-61-57-81(73-39-35-66(36-40-73)70-45-51-79(52-46-70)95-101-98-92(76-21-9-2-10-22-76)105(95)84-27-15-5-16-28-84)63-87(89)88-64-82(58-62-90(88)103)74-41-37-67(38-42-74)71-47-53-80(54-48-71)96-102-99-93(77-23-11-3-12-24-77)106(96)85-29-17-6-18-30-85/h1-64H. The van der Waals surface area contributed by atoms with Crippen molar-refractivity contribution in [3.8, 4) is 158 Å². The fourth-order valence-electron chi connectivity index (χ4n) is 14.7. The maximum Gasteiger partial charge on any atom is 0.168 e. The van der Waals surface area contributed by atoms with Gasteiger partial charge in [0.1, 0.15) is 0 Å². The van der Waals surface area contributed by atoms with Gasteiger partial charge in [-0.3, -0.25) is 13.7 Å². The second-order valence-corrected chi connectivity index (χ2v) is 26.5. The molecule has 0 bridgehead atoms. The number of hydrogen-bond acceptors (Lipinski definition) is 6. The van der Waals surface area contributed by atoms with Crippen LogP contribution in [0.4, 0.5) is 0 Å². The van der Waals surface area contributed by atoms with E-state index in [4.69, 9.17) is 30.6 Å². The summed E-state index contributed by atoms with van der Waals surface area (Å²) in [7, 11) is 0. The molecule has 0 fully saturated rings. The maximum atomic E-state index is 4.75. The van der Waals surface area contributed by atoms with Crippen LogP contribution in [0.3, 0.4) is 0 Å². The van der Waals surface area contributed by atoms with Gasteiger partial charge in [0, 0.05) is 66.9 Å². The van der Waals surface area contributed by atoms with Crippen molar-refractivity contribution in [3.63, 3.8) is 0 Å². The zero-order chi connectivity index (χ0) is 70.3. The van der Waals surface area contributed by atoms with Crippen molar-refractivity contribution in [3.05, 3.63) is 388 Å².